The number of aryl methyl sites for hydroxylation is 1. The summed E-state index contributed by atoms with van der Waals surface area (Å²) < 4.78 is 0. The molecule has 0 saturated heterocycles. The topological polar surface area (TPSA) is 92.5 Å². The summed E-state index contributed by atoms with van der Waals surface area (Å²) in [4.78, 5) is 37.1. The maximum absolute atomic E-state index is 12.1. The highest BCUT2D eigenvalue weighted by Crippen LogP contribution is 2.32. The first kappa shape index (κ1) is 14.2. The monoisotopic (exact) mass is 275 g/mol. The van der Waals surface area contributed by atoms with Gasteiger partial charge in [-0.2, -0.15) is 0 Å². The largest absolute Gasteiger partial charge is 0.304 e. The van der Waals surface area contributed by atoms with E-state index >= 15 is 0 Å². The van der Waals surface area contributed by atoms with Crippen LogP contribution in [-0.4, -0.2) is 24.1 Å². The van der Waals surface area contributed by atoms with Crippen molar-refractivity contribution in [3.63, 3.8) is 0 Å². The molecule has 106 valence electrons. The quantitative estimate of drug-likeness (QED) is 0.364. The predicted octanol–water partition coefficient (Wildman–Crippen LogP) is 0.540. The number of ketones is 1. The molecule has 6 nitrogen and oxygen atoms in total. The lowest BCUT2D eigenvalue weighted by Crippen LogP contribution is -2.48. The summed E-state index contributed by atoms with van der Waals surface area (Å²) in [5, 5.41) is 0. The summed E-state index contributed by atoms with van der Waals surface area (Å²) in [6.45, 7) is 5.28. The fourth-order valence-corrected chi connectivity index (χ4v) is 2.23. The summed E-state index contributed by atoms with van der Waals surface area (Å²) in [7, 11) is 0. The third-order valence-corrected chi connectivity index (χ3v) is 3.43. The van der Waals surface area contributed by atoms with Crippen molar-refractivity contribution in [1.82, 2.24) is 5.43 Å². The van der Waals surface area contributed by atoms with E-state index in [1.165, 1.54) is 4.90 Å². The van der Waals surface area contributed by atoms with E-state index in [1.54, 1.807) is 26.0 Å². The van der Waals surface area contributed by atoms with E-state index in [0.29, 0.717) is 11.3 Å². The molecule has 3 N–H and O–H groups in total. The van der Waals surface area contributed by atoms with Crippen LogP contribution < -0.4 is 16.2 Å². The Bertz CT molecular complexity index is 608. The van der Waals surface area contributed by atoms with Crippen molar-refractivity contribution >= 4 is 23.3 Å². The highest BCUT2D eigenvalue weighted by atomic mass is 16.2. The highest BCUT2D eigenvalue weighted by Gasteiger charge is 2.40. The summed E-state index contributed by atoms with van der Waals surface area (Å²) in [6, 6.07) is 5.24. The number of hydrogen-bond acceptors (Lipinski definition) is 4. The third-order valence-electron chi connectivity index (χ3n) is 3.43. The lowest BCUT2D eigenvalue weighted by atomic mass is 9.91. The van der Waals surface area contributed by atoms with E-state index in [9.17, 15) is 14.4 Å². The van der Waals surface area contributed by atoms with Crippen LogP contribution in [0.3, 0.4) is 0 Å². The number of benzene rings is 1. The summed E-state index contributed by atoms with van der Waals surface area (Å²) in [5.74, 6) is 3.61. The Labute approximate surface area is 116 Å². The molecule has 1 aliphatic heterocycles. The van der Waals surface area contributed by atoms with E-state index < -0.39 is 23.0 Å². The molecule has 6 heteroatoms. The zero-order chi connectivity index (χ0) is 15.1. The van der Waals surface area contributed by atoms with E-state index in [4.69, 9.17) is 5.84 Å². The molecule has 0 unspecified atom stereocenters. The van der Waals surface area contributed by atoms with Crippen molar-refractivity contribution in [1.29, 1.82) is 0 Å². The van der Waals surface area contributed by atoms with Crippen molar-refractivity contribution in [2.24, 2.45) is 11.3 Å². The number of rotatable bonds is 3. The number of amides is 2. The molecule has 0 atom stereocenters. The molecule has 1 aromatic rings. The van der Waals surface area contributed by atoms with E-state index in [-0.39, 0.29) is 6.54 Å². The van der Waals surface area contributed by atoms with Crippen LogP contribution in [0.5, 0.6) is 0 Å². The number of anilines is 1. The van der Waals surface area contributed by atoms with Gasteiger partial charge in [-0.25, -0.2) is 5.84 Å². The van der Waals surface area contributed by atoms with Crippen LogP contribution in [0, 0.1) is 12.3 Å². The number of Topliss-reactive ketones (excluding diaryl/α,β-unsaturated/α-hetero) is 1. The van der Waals surface area contributed by atoms with Gasteiger partial charge in [0.25, 0.3) is 11.7 Å². The molecule has 0 aromatic heterocycles. The number of hydrogen-bond donors (Lipinski definition) is 2. The second-order valence-electron chi connectivity index (χ2n) is 5.60. The molecule has 20 heavy (non-hydrogen) atoms. The fraction of sp³-hybridized carbons (Fsp3) is 0.357. The van der Waals surface area contributed by atoms with Gasteiger partial charge in [0, 0.05) is 6.54 Å². The molecular weight excluding hydrogens is 258 g/mol. The van der Waals surface area contributed by atoms with Crippen LogP contribution in [0.2, 0.25) is 0 Å². The van der Waals surface area contributed by atoms with Gasteiger partial charge in [-0.05, 0) is 32.9 Å². The smallest absolute Gasteiger partial charge is 0.299 e. The Morgan fingerprint density at radius 1 is 1.35 bits per heavy atom. The number of fused-ring (bicyclic) bond motifs is 1. The maximum Gasteiger partial charge on any atom is 0.299 e. The van der Waals surface area contributed by atoms with Gasteiger partial charge in [-0.1, -0.05) is 11.6 Å². The molecule has 2 rings (SSSR count). The van der Waals surface area contributed by atoms with E-state index in [0.717, 1.165) is 5.56 Å². The van der Waals surface area contributed by atoms with Gasteiger partial charge in [0.2, 0.25) is 5.91 Å². The van der Waals surface area contributed by atoms with Crippen LogP contribution in [0.1, 0.15) is 29.8 Å². The van der Waals surface area contributed by atoms with E-state index in [2.05, 4.69) is 5.43 Å². The zero-order valence-electron chi connectivity index (χ0n) is 11.7. The van der Waals surface area contributed by atoms with Gasteiger partial charge in [0.15, 0.2) is 0 Å². The lowest BCUT2D eigenvalue weighted by Gasteiger charge is -2.28. The molecule has 0 fully saturated rings. The van der Waals surface area contributed by atoms with Crippen LogP contribution >= 0.6 is 0 Å². The molecule has 1 aromatic carbocycles. The summed E-state index contributed by atoms with van der Waals surface area (Å²) in [6.07, 6.45) is 0. The summed E-state index contributed by atoms with van der Waals surface area (Å²) in [5.41, 5.74) is 3.03. The zero-order valence-corrected chi connectivity index (χ0v) is 11.7. The van der Waals surface area contributed by atoms with Gasteiger partial charge in [0.1, 0.15) is 0 Å². The SMILES string of the molecule is Cc1ccc2c(c1)C(=O)C(=O)N2CC(C)(C)C(=O)NN. The Hall–Kier alpha value is -2.21. The number of carbonyl (C=O) groups excluding carboxylic acids is 3. The van der Waals surface area contributed by atoms with E-state index in [1.807, 2.05) is 13.0 Å². The lowest BCUT2D eigenvalue weighted by molar-refractivity contribution is -0.129. The molecule has 0 saturated carbocycles. The van der Waals surface area contributed by atoms with Crippen molar-refractivity contribution < 1.29 is 14.4 Å². The average Bonchev–Trinajstić information content (AvgIpc) is 2.62. The number of nitrogens with one attached hydrogen (secondary N) is 1. The predicted molar refractivity (Wildman–Crippen MR) is 74.0 cm³/mol. The Kier molecular flexibility index (Phi) is 3.35. The first-order chi connectivity index (χ1) is 9.27. The van der Waals surface area contributed by atoms with Crippen molar-refractivity contribution in [3.8, 4) is 0 Å². The highest BCUT2D eigenvalue weighted by molar-refractivity contribution is 6.52. The second-order valence-corrected chi connectivity index (χ2v) is 5.60. The Balaban J connectivity index is 2.38. The van der Waals surface area contributed by atoms with Gasteiger partial charge < -0.3 is 4.90 Å². The normalized spacial score (nSPS) is 14.5. The molecule has 1 aliphatic rings. The van der Waals surface area contributed by atoms with Crippen LogP contribution in [-0.2, 0) is 9.59 Å². The minimum Gasteiger partial charge on any atom is -0.304 e. The Morgan fingerprint density at radius 2 is 2.00 bits per heavy atom. The van der Waals surface area contributed by atoms with Crippen LogP contribution in [0.25, 0.3) is 0 Å². The number of nitrogens with zero attached hydrogens (tertiary/aromatic N) is 1. The molecule has 0 aliphatic carbocycles. The molecule has 1 heterocycles. The molecule has 0 bridgehead atoms. The third kappa shape index (κ3) is 2.18. The fourth-order valence-electron chi connectivity index (χ4n) is 2.23. The molecule has 0 spiro atoms. The number of hydrazine groups is 1. The second kappa shape index (κ2) is 4.72. The Morgan fingerprint density at radius 3 is 2.60 bits per heavy atom. The van der Waals surface area contributed by atoms with Crippen molar-refractivity contribution in [2.75, 3.05) is 11.4 Å². The van der Waals surface area contributed by atoms with Crippen LogP contribution in [0.15, 0.2) is 18.2 Å². The number of carbonyl (C=O) groups is 3. The van der Waals surface area contributed by atoms with Gasteiger partial charge in [-0.3, -0.25) is 19.8 Å². The first-order valence-corrected chi connectivity index (χ1v) is 6.26. The minimum atomic E-state index is -0.892. The number of nitrogens with two attached hydrogens (primary N) is 1. The van der Waals surface area contributed by atoms with Crippen LogP contribution in [0.4, 0.5) is 5.69 Å². The minimum absolute atomic E-state index is 0.0939. The van der Waals surface area contributed by atoms with Crippen molar-refractivity contribution in [3.05, 3.63) is 29.3 Å². The first-order valence-electron chi connectivity index (χ1n) is 6.26. The van der Waals surface area contributed by atoms with Gasteiger partial charge in [-0.15, -0.1) is 0 Å². The van der Waals surface area contributed by atoms with Crippen molar-refractivity contribution in [2.45, 2.75) is 20.8 Å². The standard InChI is InChI=1S/C14H17N3O3/c1-8-4-5-10-9(6-8)11(18)12(19)17(10)7-14(2,3)13(20)16-15/h4-6H,7,15H2,1-3H3,(H,16,20). The molecule has 0 radical (unpaired) electrons. The van der Waals surface area contributed by atoms with Gasteiger partial charge in [0.05, 0.1) is 16.7 Å². The molecule has 2 amide bonds. The maximum atomic E-state index is 12.1. The van der Waals surface area contributed by atoms with Gasteiger partial charge >= 0.3 is 0 Å². The summed E-state index contributed by atoms with van der Waals surface area (Å²) >= 11 is 0. The average molecular weight is 275 g/mol. The molecular formula is C14H17N3O3.